The average molecular weight is 336 g/mol. The first kappa shape index (κ1) is 26.4. The van der Waals surface area contributed by atoms with Gasteiger partial charge in [-0.2, -0.15) is 0 Å². The predicted octanol–water partition coefficient (Wildman–Crippen LogP) is -3.20. The average Bonchev–Trinajstić information content (AvgIpc) is 2.25. The predicted molar refractivity (Wildman–Crippen MR) is 83.7 cm³/mol. The second kappa shape index (κ2) is 13.0. The number of quaternary nitrogens is 2. The van der Waals surface area contributed by atoms with Crippen LogP contribution in [0.25, 0.3) is 0 Å². The van der Waals surface area contributed by atoms with E-state index in [0.717, 1.165) is 22.1 Å². The van der Waals surface area contributed by atoms with E-state index in [1.54, 1.807) is 0 Å². The molecule has 0 spiro atoms. The van der Waals surface area contributed by atoms with E-state index >= 15 is 0 Å². The van der Waals surface area contributed by atoms with E-state index in [1.807, 2.05) is 0 Å². The minimum atomic E-state index is -1.56. The van der Waals surface area contributed by atoms with E-state index < -0.39 is 23.9 Å². The third kappa shape index (κ3) is 33.4. The standard InChI is InChI=1S/2C5H14NO.C5H6O4/c2*1-6(2,3)4-5-7;1-3(5(8)9)2-4(6)7/h2*7H,4-5H2,1-3H3;1-2H2,(H,6,7)(H,8,9)/q2*+1;/p-2. The first-order chi connectivity index (χ1) is 10.2. The van der Waals surface area contributed by atoms with Gasteiger partial charge in [-0.05, 0) is 5.57 Å². The summed E-state index contributed by atoms with van der Waals surface area (Å²) in [7, 11) is 12.3. The molecule has 0 unspecified atom stereocenters. The van der Waals surface area contributed by atoms with E-state index in [9.17, 15) is 19.8 Å². The van der Waals surface area contributed by atoms with Gasteiger partial charge in [-0.3, -0.25) is 0 Å². The van der Waals surface area contributed by atoms with Gasteiger partial charge in [-0.1, -0.05) is 6.58 Å². The van der Waals surface area contributed by atoms with Crippen LogP contribution in [0, 0.1) is 0 Å². The molecule has 0 saturated carbocycles. The van der Waals surface area contributed by atoms with Gasteiger partial charge in [0.25, 0.3) is 0 Å². The smallest absolute Gasteiger partial charge is 0.101 e. The number of likely N-dealkylation sites (N-methyl/N-ethyl adjacent to an activating group) is 2. The van der Waals surface area contributed by atoms with Crippen LogP contribution in [0.5, 0.6) is 0 Å². The van der Waals surface area contributed by atoms with Crippen LogP contribution in [0.3, 0.4) is 0 Å². The van der Waals surface area contributed by atoms with Crippen molar-refractivity contribution in [3.05, 3.63) is 12.2 Å². The molecule has 23 heavy (non-hydrogen) atoms. The number of aliphatic carboxylic acids is 2. The third-order valence-corrected chi connectivity index (χ3v) is 2.19. The Bertz CT molecular complexity index is 340. The maximum absolute atomic E-state index is 9.73. The highest BCUT2D eigenvalue weighted by atomic mass is 16.4. The van der Waals surface area contributed by atoms with Crippen molar-refractivity contribution in [2.75, 3.05) is 68.6 Å². The number of hydrogen-bond acceptors (Lipinski definition) is 6. The van der Waals surface area contributed by atoms with Gasteiger partial charge in [0.05, 0.1) is 61.5 Å². The van der Waals surface area contributed by atoms with Crippen molar-refractivity contribution in [1.82, 2.24) is 0 Å². The summed E-state index contributed by atoms with van der Waals surface area (Å²) in [6, 6.07) is 0. The van der Waals surface area contributed by atoms with E-state index in [4.69, 9.17) is 10.2 Å². The highest BCUT2D eigenvalue weighted by Gasteiger charge is 2.02. The zero-order chi connectivity index (χ0) is 19.3. The quantitative estimate of drug-likeness (QED) is 0.373. The number of rotatable bonds is 7. The van der Waals surface area contributed by atoms with Gasteiger partial charge in [0, 0.05) is 12.4 Å². The molecular formula is C15H32N2O6. The molecule has 8 nitrogen and oxygen atoms in total. The van der Waals surface area contributed by atoms with Gasteiger partial charge in [-0.15, -0.1) is 0 Å². The zero-order valence-electron chi connectivity index (χ0n) is 15.2. The molecule has 0 aliphatic heterocycles. The van der Waals surface area contributed by atoms with Crippen LogP contribution in [0.2, 0.25) is 0 Å². The van der Waals surface area contributed by atoms with E-state index in [1.165, 1.54) is 0 Å². The van der Waals surface area contributed by atoms with Crippen LogP contribution >= 0.6 is 0 Å². The van der Waals surface area contributed by atoms with Crippen molar-refractivity contribution in [3.63, 3.8) is 0 Å². The lowest BCUT2D eigenvalue weighted by Gasteiger charge is -2.21. The van der Waals surface area contributed by atoms with Crippen molar-refractivity contribution < 1.29 is 39.0 Å². The summed E-state index contributed by atoms with van der Waals surface area (Å²) in [6.07, 6.45) is -0.678. The van der Waals surface area contributed by atoms with Crippen molar-refractivity contribution in [2.24, 2.45) is 0 Å². The van der Waals surface area contributed by atoms with Crippen LogP contribution in [0.4, 0.5) is 0 Å². The highest BCUT2D eigenvalue weighted by Crippen LogP contribution is 1.92. The molecule has 0 amide bonds. The largest absolute Gasteiger partial charge is 0.550 e. The lowest BCUT2D eigenvalue weighted by atomic mass is 10.2. The summed E-state index contributed by atoms with van der Waals surface area (Å²) in [5.74, 6) is -3.02. The topological polar surface area (TPSA) is 121 Å². The third-order valence-electron chi connectivity index (χ3n) is 2.19. The Morgan fingerprint density at radius 3 is 1.22 bits per heavy atom. The minimum Gasteiger partial charge on any atom is -0.550 e. The Balaban J connectivity index is -0.000000264. The lowest BCUT2D eigenvalue weighted by molar-refractivity contribution is -0.870. The van der Waals surface area contributed by atoms with Crippen LogP contribution in [-0.4, -0.2) is 99.7 Å². The van der Waals surface area contributed by atoms with Gasteiger partial charge in [0.15, 0.2) is 0 Å². The molecule has 0 bridgehead atoms. The highest BCUT2D eigenvalue weighted by molar-refractivity contribution is 5.89. The summed E-state index contributed by atoms with van der Waals surface area (Å²) in [5, 5.41) is 36.2. The molecule has 0 aromatic carbocycles. The minimum absolute atomic E-state index is 0.281. The fraction of sp³-hybridized carbons (Fsp3) is 0.733. The maximum Gasteiger partial charge on any atom is 0.101 e. The SMILES string of the molecule is C=C(CC(=O)[O-])C(=O)[O-].C[N+](C)(C)CCO.C[N+](C)(C)CCO. The second-order valence-electron chi connectivity index (χ2n) is 6.91. The molecule has 0 aromatic heterocycles. The van der Waals surface area contributed by atoms with Crippen LogP contribution in [0.1, 0.15) is 6.42 Å². The van der Waals surface area contributed by atoms with Crippen LogP contribution in [-0.2, 0) is 9.59 Å². The molecule has 2 N–H and O–H groups in total. The molecule has 0 saturated heterocycles. The van der Waals surface area contributed by atoms with Crippen molar-refractivity contribution in [2.45, 2.75) is 6.42 Å². The Labute approximate surface area is 139 Å². The number of nitrogens with zero attached hydrogens (tertiary/aromatic N) is 2. The molecular weight excluding hydrogens is 304 g/mol. The van der Waals surface area contributed by atoms with Crippen LogP contribution in [0.15, 0.2) is 12.2 Å². The maximum atomic E-state index is 9.73. The second-order valence-corrected chi connectivity index (χ2v) is 6.91. The number of hydrogen-bond donors (Lipinski definition) is 2. The first-order valence-electron chi connectivity index (χ1n) is 7.08. The normalized spacial score (nSPS) is 10.6. The molecule has 138 valence electrons. The summed E-state index contributed by atoms with van der Waals surface area (Å²) in [5.41, 5.74) is -0.477. The number of aliphatic hydroxyl groups excluding tert-OH is 2. The van der Waals surface area contributed by atoms with Gasteiger partial charge in [-0.25, -0.2) is 0 Å². The summed E-state index contributed by atoms with van der Waals surface area (Å²) in [4.78, 5) is 19.4. The Morgan fingerprint density at radius 1 is 0.870 bits per heavy atom. The molecule has 8 heteroatoms. The van der Waals surface area contributed by atoms with Crippen molar-refractivity contribution in [1.29, 1.82) is 0 Å². The molecule has 0 rings (SSSR count). The number of carboxylic acid groups (broad SMARTS) is 2. The fourth-order valence-electron chi connectivity index (χ4n) is 0.846. The Morgan fingerprint density at radius 2 is 1.17 bits per heavy atom. The first-order valence-corrected chi connectivity index (χ1v) is 7.08. The van der Waals surface area contributed by atoms with Gasteiger partial charge in [0.1, 0.15) is 13.1 Å². The number of carboxylic acids is 2. The monoisotopic (exact) mass is 336 g/mol. The van der Waals surface area contributed by atoms with E-state index in [2.05, 4.69) is 48.9 Å². The molecule has 0 aromatic rings. The number of aliphatic hydroxyl groups is 2. The Hall–Kier alpha value is -1.48. The Kier molecular flexibility index (Phi) is 14.9. The van der Waals surface area contributed by atoms with E-state index in [-0.39, 0.29) is 13.2 Å². The fourth-order valence-corrected chi connectivity index (χ4v) is 0.846. The summed E-state index contributed by atoms with van der Waals surface area (Å²) >= 11 is 0. The summed E-state index contributed by atoms with van der Waals surface area (Å²) in [6.45, 7) is 5.14. The zero-order valence-corrected chi connectivity index (χ0v) is 15.2. The van der Waals surface area contributed by atoms with Crippen molar-refractivity contribution in [3.8, 4) is 0 Å². The van der Waals surface area contributed by atoms with E-state index in [0.29, 0.717) is 0 Å². The van der Waals surface area contributed by atoms with Crippen LogP contribution < -0.4 is 10.2 Å². The van der Waals surface area contributed by atoms with Crippen molar-refractivity contribution >= 4 is 11.9 Å². The lowest BCUT2D eigenvalue weighted by Crippen LogP contribution is -2.36. The molecule has 0 aliphatic carbocycles. The molecule has 0 fully saturated rings. The molecule has 0 atom stereocenters. The van der Waals surface area contributed by atoms with Gasteiger partial charge < -0.3 is 39.0 Å². The molecule has 0 heterocycles. The molecule has 0 radical (unpaired) electrons. The molecule has 0 aliphatic rings. The van der Waals surface area contributed by atoms with Gasteiger partial charge >= 0.3 is 0 Å². The van der Waals surface area contributed by atoms with Gasteiger partial charge in [0.2, 0.25) is 0 Å². The number of carbonyl (C=O) groups is 2. The number of carbonyl (C=O) groups excluding carboxylic acids is 2. The summed E-state index contributed by atoms with van der Waals surface area (Å²) < 4.78 is 1.69.